The summed E-state index contributed by atoms with van der Waals surface area (Å²) in [7, 11) is 0. The number of carbonyl (C=O) groups excluding carboxylic acids is 1. The van der Waals surface area contributed by atoms with E-state index in [4.69, 9.17) is 10.5 Å². The van der Waals surface area contributed by atoms with Gasteiger partial charge < -0.3 is 15.8 Å². The molecule has 1 aromatic carbocycles. The van der Waals surface area contributed by atoms with Crippen molar-refractivity contribution in [3.8, 4) is 0 Å². The van der Waals surface area contributed by atoms with Crippen LogP contribution in [-0.4, -0.2) is 18.6 Å². The van der Waals surface area contributed by atoms with E-state index in [1.807, 2.05) is 0 Å². The number of anilines is 2. The summed E-state index contributed by atoms with van der Waals surface area (Å²) >= 11 is 0. The molecule has 3 N–H and O–H groups in total. The molecule has 16 heavy (non-hydrogen) atoms. The number of nitrogens with one attached hydrogen (secondary N) is 1. The van der Waals surface area contributed by atoms with Crippen LogP contribution in [0.4, 0.5) is 15.8 Å². The molecule has 1 fully saturated rings. The third-order valence-corrected chi connectivity index (χ3v) is 2.49. The Balaban J connectivity index is 2.05. The first-order chi connectivity index (χ1) is 7.66. The van der Waals surface area contributed by atoms with Crippen LogP contribution >= 0.6 is 0 Å². The van der Waals surface area contributed by atoms with Crippen LogP contribution in [0, 0.1) is 5.82 Å². The number of halogens is 1. The van der Waals surface area contributed by atoms with E-state index in [1.54, 1.807) is 0 Å². The fourth-order valence-electron chi connectivity index (χ4n) is 1.65. The maximum absolute atomic E-state index is 12.8. The van der Waals surface area contributed by atoms with Gasteiger partial charge in [0.1, 0.15) is 11.9 Å². The summed E-state index contributed by atoms with van der Waals surface area (Å²) in [4.78, 5) is 11.7. The van der Waals surface area contributed by atoms with Crippen molar-refractivity contribution in [2.24, 2.45) is 0 Å². The Bertz CT molecular complexity index is 403. The molecule has 1 amide bonds. The molecule has 0 radical (unpaired) electrons. The molecule has 1 saturated heterocycles. The first-order valence-electron chi connectivity index (χ1n) is 5.14. The van der Waals surface area contributed by atoms with E-state index in [1.165, 1.54) is 18.2 Å². The second-order valence-electron chi connectivity index (χ2n) is 3.72. The zero-order valence-corrected chi connectivity index (χ0v) is 8.70. The van der Waals surface area contributed by atoms with Gasteiger partial charge in [0.15, 0.2) is 0 Å². The third-order valence-electron chi connectivity index (χ3n) is 2.49. The summed E-state index contributed by atoms with van der Waals surface area (Å²) in [5.41, 5.74) is 6.21. The molecule has 0 unspecified atom stereocenters. The highest BCUT2D eigenvalue weighted by Gasteiger charge is 2.23. The highest BCUT2D eigenvalue weighted by Crippen LogP contribution is 2.21. The molecule has 1 aliphatic rings. The molecular formula is C11H13FN2O2. The van der Waals surface area contributed by atoms with Gasteiger partial charge in [-0.3, -0.25) is 4.79 Å². The number of carbonyl (C=O) groups is 1. The number of hydrogen-bond acceptors (Lipinski definition) is 3. The van der Waals surface area contributed by atoms with Crippen LogP contribution in [0.2, 0.25) is 0 Å². The Morgan fingerprint density at radius 3 is 3.00 bits per heavy atom. The average Bonchev–Trinajstić information content (AvgIpc) is 2.75. The molecule has 1 atom stereocenters. The van der Waals surface area contributed by atoms with Crippen LogP contribution in [0.5, 0.6) is 0 Å². The highest BCUT2D eigenvalue weighted by atomic mass is 19.1. The summed E-state index contributed by atoms with van der Waals surface area (Å²) < 4.78 is 18.0. The highest BCUT2D eigenvalue weighted by molar-refractivity contribution is 5.96. The number of rotatable bonds is 2. The van der Waals surface area contributed by atoms with Gasteiger partial charge in [0.2, 0.25) is 0 Å². The van der Waals surface area contributed by atoms with Crippen molar-refractivity contribution in [3.05, 3.63) is 24.0 Å². The van der Waals surface area contributed by atoms with E-state index in [2.05, 4.69) is 5.32 Å². The molecular weight excluding hydrogens is 211 g/mol. The minimum atomic E-state index is -0.424. The maximum atomic E-state index is 12.8. The third kappa shape index (κ3) is 2.30. The maximum Gasteiger partial charge on any atom is 0.253 e. The van der Waals surface area contributed by atoms with Gasteiger partial charge in [-0.2, -0.15) is 0 Å². The zero-order valence-electron chi connectivity index (χ0n) is 8.70. The number of hydrogen-bond donors (Lipinski definition) is 2. The van der Waals surface area contributed by atoms with Gasteiger partial charge in [-0.1, -0.05) is 0 Å². The lowest BCUT2D eigenvalue weighted by Crippen LogP contribution is -2.27. The zero-order chi connectivity index (χ0) is 11.5. The molecule has 0 bridgehead atoms. The van der Waals surface area contributed by atoms with Crippen molar-refractivity contribution in [2.45, 2.75) is 18.9 Å². The van der Waals surface area contributed by atoms with E-state index in [-0.39, 0.29) is 11.6 Å². The van der Waals surface area contributed by atoms with Crippen molar-refractivity contribution in [2.75, 3.05) is 17.7 Å². The second kappa shape index (κ2) is 4.49. The molecule has 0 saturated carbocycles. The summed E-state index contributed by atoms with van der Waals surface area (Å²) in [6.45, 7) is 0.608. The first kappa shape index (κ1) is 10.9. The Labute approximate surface area is 92.6 Å². The minimum Gasteiger partial charge on any atom is -0.397 e. The van der Waals surface area contributed by atoms with E-state index in [0.29, 0.717) is 18.7 Å². The van der Waals surface area contributed by atoms with Gasteiger partial charge in [-0.05, 0) is 31.0 Å². The number of ether oxygens (including phenoxy) is 1. The monoisotopic (exact) mass is 224 g/mol. The topological polar surface area (TPSA) is 64.3 Å². The predicted molar refractivity (Wildman–Crippen MR) is 58.4 cm³/mol. The van der Waals surface area contributed by atoms with Gasteiger partial charge >= 0.3 is 0 Å². The van der Waals surface area contributed by atoms with E-state index in [0.717, 1.165) is 6.42 Å². The number of benzene rings is 1. The molecule has 2 rings (SSSR count). The number of nitrogens with two attached hydrogens (primary N) is 1. The Hall–Kier alpha value is -1.62. The SMILES string of the molecule is Nc1cc(F)ccc1NC(=O)[C@@H]1CCCO1. The predicted octanol–water partition coefficient (Wildman–Crippen LogP) is 1.53. The van der Waals surface area contributed by atoms with Crippen LogP contribution in [0.25, 0.3) is 0 Å². The quantitative estimate of drug-likeness (QED) is 0.749. The van der Waals surface area contributed by atoms with Gasteiger partial charge in [0.25, 0.3) is 5.91 Å². The fourth-order valence-corrected chi connectivity index (χ4v) is 1.65. The summed E-state index contributed by atoms with van der Waals surface area (Å²) in [5.74, 6) is -0.650. The van der Waals surface area contributed by atoms with Gasteiger partial charge in [0, 0.05) is 6.61 Å². The lowest BCUT2D eigenvalue weighted by molar-refractivity contribution is -0.124. The van der Waals surface area contributed by atoms with Crippen molar-refractivity contribution < 1.29 is 13.9 Å². The second-order valence-corrected chi connectivity index (χ2v) is 3.72. The molecule has 0 spiro atoms. The van der Waals surface area contributed by atoms with Gasteiger partial charge in [-0.25, -0.2) is 4.39 Å². The summed E-state index contributed by atoms with van der Waals surface area (Å²) in [5, 5.41) is 2.62. The lowest BCUT2D eigenvalue weighted by Gasteiger charge is -2.11. The van der Waals surface area contributed by atoms with Crippen molar-refractivity contribution in [3.63, 3.8) is 0 Å². The van der Waals surface area contributed by atoms with Gasteiger partial charge in [0.05, 0.1) is 11.4 Å². The largest absolute Gasteiger partial charge is 0.397 e. The number of amides is 1. The van der Waals surface area contributed by atoms with E-state index < -0.39 is 11.9 Å². The Morgan fingerprint density at radius 2 is 2.38 bits per heavy atom. The van der Waals surface area contributed by atoms with Gasteiger partial charge in [-0.15, -0.1) is 0 Å². The standard InChI is InChI=1S/C11H13FN2O2/c12-7-3-4-9(8(13)6-7)14-11(15)10-2-1-5-16-10/h3-4,6,10H,1-2,5,13H2,(H,14,15)/t10-/m0/s1. The van der Waals surface area contributed by atoms with Crippen molar-refractivity contribution in [1.29, 1.82) is 0 Å². The summed E-state index contributed by atoms with van der Waals surface area (Å²) in [6, 6.07) is 3.87. The van der Waals surface area contributed by atoms with Crippen LogP contribution in [-0.2, 0) is 9.53 Å². The van der Waals surface area contributed by atoms with E-state index in [9.17, 15) is 9.18 Å². The molecule has 1 heterocycles. The number of nitrogen functional groups attached to an aromatic ring is 1. The van der Waals surface area contributed by atoms with E-state index >= 15 is 0 Å². The molecule has 5 heteroatoms. The molecule has 0 aliphatic carbocycles. The molecule has 4 nitrogen and oxygen atoms in total. The molecule has 1 aromatic rings. The molecule has 0 aromatic heterocycles. The molecule has 86 valence electrons. The van der Waals surface area contributed by atoms with Crippen molar-refractivity contribution in [1.82, 2.24) is 0 Å². The van der Waals surface area contributed by atoms with Crippen molar-refractivity contribution >= 4 is 17.3 Å². The lowest BCUT2D eigenvalue weighted by atomic mass is 10.2. The Morgan fingerprint density at radius 1 is 1.56 bits per heavy atom. The summed E-state index contributed by atoms with van der Waals surface area (Å²) in [6.07, 6.45) is 1.19. The molecule has 1 aliphatic heterocycles. The van der Waals surface area contributed by atoms with Crippen LogP contribution in [0.15, 0.2) is 18.2 Å². The first-order valence-corrected chi connectivity index (χ1v) is 5.14. The van der Waals surface area contributed by atoms with Crippen LogP contribution in [0.3, 0.4) is 0 Å². The van der Waals surface area contributed by atoms with Crippen LogP contribution in [0.1, 0.15) is 12.8 Å². The van der Waals surface area contributed by atoms with Crippen LogP contribution < -0.4 is 11.1 Å². The fraction of sp³-hybridized carbons (Fsp3) is 0.364. The average molecular weight is 224 g/mol. The normalized spacial score (nSPS) is 19.7. The Kier molecular flexibility index (Phi) is 3.05. The smallest absolute Gasteiger partial charge is 0.253 e. The minimum absolute atomic E-state index is 0.214.